The molecule has 1 aromatic carbocycles. The van der Waals surface area contributed by atoms with E-state index in [4.69, 9.17) is 9.52 Å². The average molecular weight is 346 g/mol. The fourth-order valence-corrected chi connectivity index (χ4v) is 3.67. The predicted octanol–water partition coefficient (Wildman–Crippen LogP) is 2.32. The van der Waals surface area contributed by atoms with Gasteiger partial charge in [0.15, 0.2) is 5.76 Å². The number of β-amino-alcohol motifs (C(OH)–C–C–N with tert-alkyl or cyclic N) is 1. The molecule has 1 aliphatic heterocycles. The molecule has 5 nitrogen and oxygen atoms in total. The van der Waals surface area contributed by atoms with Crippen molar-refractivity contribution >= 4 is 17.7 Å². The summed E-state index contributed by atoms with van der Waals surface area (Å²) in [6.07, 6.45) is 1.59. The van der Waals surface area contributed by atoms with Gasteiger partial charge in [0.05, 0.1) is 12.9 Å². The first-order valence-electron chi connectivity index (χ1n) is 8.14. The fourth-order valence-electron chi connectivity index (χ4n) is 2.77. The van der Waals surface area contributed by atoms with E-state index in [0.717, 1.165) is 18.7 Å². The second kappa shape index (κ2) is 8.37. The average Bonchev–Trinajstić information content (AvgIpc) is 3.10. The molecule has 2 aromatic rings. The van der Waals surface area contributed by atoms with Gasteiger partial charge in [-0.25, -0.2) is 0 Å². The molecule has 1 N–H and O–H groups in total. The van der Waals surface area contributed by atoms with Gasteiger partial charge in [0, 0.05) is 48.9 Å². The fraction of sp³-hybridized carbons (Fsp3) is 0.389. The van der Waals surface area contributed by atoms with E-state index in [-0.39, 0.29) is 12.5 Å². The minimum Gasteiger partial charge on any atom is -0.459 e. The van der Waals surface area contributed by atoms with Crippen LogP contribution in [0.2, 0.25) is 0 Å². The number of carbonyl (C=O) groups is 1. The topological polar surface area (TPSA) is 56.9 Å². The molecule has 0 bridgehead atoms. The van der Waals surface area contributed by atoms with Crippen molar-refractivity contribution in [2.75, 3.05) is 39.3 Å². The number of hydrogen-bond acceptors (Lipinski definition) is 5. The highest BCUT2D eigenvalue weighted by molar-refractivity contribution is 7.98. The quantitative estimate of drug-likeness (QED) is 0.814. The van der Waals surface area contributed by atoms with E-state index < -0.39 is 0 Å². The molecule has 0 unspecified atom stereocenters. The molecular weight excluding hydrogens is 324 g/mol. The Morgan fingerprint density at radius 1 is 1.12 bits per heavy atom. The molecule has 0 spiro atoms. The van der Waals surface area contributed by atoms with Crippen LogP contribution in [0.3, 0.4) is 0 Å². The molecule has 1 saturated heterocycles. The Morgan fingerprint density at radius 3 is 2.58 bits per heavy atom. The van der Waals surface area contributed by atoms with Gasteiger partial charge < -0.3 is 14.4 Å². The van der Waals surface area contributed by atoms with Crippen LogP contribution in [0.1, 0.15) is 16.1 Å². The molecule has 3 rings (SSSR count). The smallest absolute Gasteiger partial charge is 0.289 e. The van der Waals surface area contributed by atoms with Crippen molar-refractivity contribution in [2.45, 2.75) is 10.6 Å². The number of thioether (sulfide) groups is 1. The Hall–Kier alpha value is -1.76. The van der Waals surface area contributed by atoms with Crippen LogP contribution in [0, 0.1) is 0 Å². The molecule has 1 amide bonds. The third-order valence-electron chi connectivity index (χ3n) is 4.15. The number of furan rings is 1. The van der Waals surface area contributed by atoms with Crippen LogP contribution in [0.15, 0.2) is 52.0 Å². The molecule has 0 saturated carbocycles. The maximum absolute atomic E-state index is 12.7. The van der Waals surface area contributed by atoms with Gasteiger partial charge in [0.25, 0.3) is 5.91 Å². The molecule has 1 aliphatic rings. The maximum Gasteiger partial charge on any atom is 0.289 e. The number of carbonyl (C=O) groups excluding carboxylic acids is 1. The number of aliphatic hydroxyl groups excluding tert-OH is 1. The van der Waals surface area contributed by atoms with E-state index in [2.05, 4.69) is 17.0 Å². The molecule has 6 heteroatoms. The van der Waals surface area contributed by atoms with Gasteiger partial charge in [-0.3, -0.25) is 9.69 Å². The molecule has 128 valence electrons. The molecule has 0 radical (unpaired) electrons. The SMILES string of the molecule is O=C(c1occc1CSc1ccccc1)N1CCN(CCO)CC1. The zero-order chi connectivity index (χ0) is 16.8. The lowest BCUT2D eigenvalue weighted by molar-refractivity contribution is 0.0584. The van der Waals surface area contributed by atoms with Crippen molar-refractivity contribution < 1.29 is 14.3 Å². The van der Waals surface area contributed by atoms with Crippen LogP contribution >= 0.6 is 11.8 Å². The van der Waals surface area contributed by atoms with Crippen molar-refractivity contribution in [1.29, 1.82) is 0 Å². The van der Waals surface area contributed by atoms with Crippen LogP contribution in [-0.4, -0.2) is 60.1 Å². The van der Waals surface area contributed by atoms with Gasteiger partial charge >= 0.3 is 0 Å². The van der Waals surface area contributed by atoms with E-state index in [0.29, 0.717) is 31.1 Å². The van der Waals surface area contributed by atoms with E-state index in [1.807, 2.05) is 29.2 Å². The van der Waals surface area contributed by atoms with Gasteiger partial charge in [-0.05, 0) is 18.2 Å². The third kappa shape index (κ3) is 4.20. The molecule has 2 heterocycles. The lowest BCUT2D eigenvalue weighted by Crippen LogP contribution is -2.49. The first-order chi connectivity index (χ1) is 11.8. The number of benzene rings is 1. The van der Waals surface area contributed by atoms with Crippen molar-refractivity contribution in [3.8, 4) is 0 Å². The van der Waals surface area contributed by atoms with Crippen LogP contribution in [0.25, 0.3) is 0 Å². The van der Waals surface area contributed by atoms with Crippen molar-refractivity contribution in [3.63, 3.8) is 0 Å². The summed E-state index contributed by atoms with van der Waals surface area (Å²) in [6.45, 7) is 3.76. The highest BCUT2D eigenvalue weighted by Crippen LogP contribution is 2.25. The second-order valence-electron chi connectivity index (χ2n) is 5.73. The Morgan fingerprint density at radius 2 is 1.88 bits per heavy atom. The summed E-state index contributed by atoms with van der Waals surface area (Å²) >= 11 is 1.70. The monoisotopic (exact) mass is 346 g/mol. The lowest BCUT2D eigenvalue weighted by Gasteiger charge is -2.34. The largest absolute Gasteiger partial charge is 0.459 e. The van der Waals surface area contributed by atoms with Crippen LogP contribution in [-0.2, 0) is 5.75 Å². The van der Waals surface area contributed by atoms with E-state index in [9.17, 15) is 4.79 Å². The molecule has 1 aromatic heterocycles. The highest BCUT2D eigenvalue weighted by atomic mass is 32.2. The molecule has 0 atom stereocenters. The number of aliphatic hydroxyl groups is 1. The van der Waals surface area contributed by atoms with Crippen molar-refractivity contribution in [2.24, 2.45) is 0 Å². The summed E-state index contributed by atoms with van der Waals surface area (Å²) < 4.78 is 5.48. The maximum atomic E-state index is 12.7. The summed E-state index contributed by atoms with van der Waals surface area (Å²) in [6, 6.07) is 12.0. The van der Waals surface area contributed by atoms with Crippen molar-refractivity contribution in [3.05, 3.63) is 54.0 Å². The lowest BCUT2D eigenvalue weighted by atomic mass is 10.2. The summed E-state index contributed by atoms with van der Waals surface area (Å²) in [5.41, 5.74) is 0.937. The standard InChI is InChI=1S/C18H22N2O3S/c21-12-11-19-7-9-20(10-8-19)18(22)17-15(6-13-23-17)14-24-16-4-2-1-3-5-16/h1-6,13,21H,7-12,14H2. The summed E-state index contributed by atoms with van der Waals surface area (Å²) in [5, 5.41) is 8.99. The van der Waals surface area contributed by atoms with Crippen LogP contribution in [0.5, 0.6) is 0 Å². The zero-order valence-electron chi connectivity index (χ0n) is 13.6. The predicted molar refractivity (Wildman–Crippen MR) is 94.1 cm³/mol. The molecule has 0 aliphatic carbocycles. The summed E-state index contributed by atoms with van der Waals surface area (Å²) in [5.74, 6) is 1.13. The van der Waals surface area contributed by atoms with E-state index in [1.54, 1.807) is 18.0 Å². The Balaban J connectivity index is 1.59. The van der Waals surface area contributed by atoms with E-state index in [1.165, 1.54) is 4.90 Å². The zero-order valence-corrected chi connectivity index (χ0v) is 14.4. The van der Waals surface area contributed by atoms with Gasteiger partial charge in [-0.15, -0.1) is 11.8 Å². The number of amides is 1. The Kier molecular flexibility index (Phi) is 5.96. The minimum absolute atomic E-state index is 0.0349. The van der Waals surface area contributed by atoms with Crippen LogP contribution < -0.4 is 0 Å². The van der Waals surface area contributed by atoms with E-state index >= 15 is 0 Å². The Labute approximate surface area is 146 Å². The number of piperazine rings is 1. The number of nitrogens with zero attached hydrogens (tertiary/aromatic N) is 2. The first kappa shape index (κ1) is 17.1. The van der Waals surface area contributed by atoms with Crippen LogP contribution in [0.4, 0.5) is 0 Å². The number of hydrogen-bond donors (Lipinski definition) is 1. The van der Waals surface area contributed by atoms with Gasteiger partial charge in [0.2, 0.25) is 0 Å². The Bertz CT molecular complexity index is 651. The summed E-state index contributed by atoms with van der Waals surface area (Å²) in [4.78, 5) is 17.9. The highest BCUT2D eigenvalue weighted by Gasteiger charge is 2.25. The van der Waals surface area contributed by atoms with Gasteiger partial charge in [-0.2, -0.15) is 0 Å². The second-order valence-corrected chi connectivity index (χ2v) is 6.78. The first-order valence-corrected chi connectivity index (χ1v) is 9.13. The molecule has 24 heavy (non-hydrogen) atoms. The van der Waals surface area contributed by atoms with Crippen molar-refractivity contribution in [1.82, 2.24) is 9.80 Å². The molecular formula is C18H22N2O3S. The molecule has 1 fully saturated rings. The number of rotatable bonds is 6. The van der Waals surface area contributed by atoms with Gasteiger partial charge in [0.1, 0.15) is 0 Å². The minimum atomic E-state index is -0.0349. The normalized spacial score (nSPS) is 15.6. The summed E-state index contributed by atoms with van der Waals surface area (Å²) in [7, 11) is 0. The van der Waals surface area contributed by atoms with Gasteiger partial charge in [-0.1, -0.05) is 18.2 Å². The third-order valence-corrected chi connectivity index (χ3v) is 5.22.